The van der Waals surface area contributed by atoms with Crippen molar-refractivity contribution in [3.05, 3.63) is 208 Å². The summed E-state index contributed by atoms with van der Waals surface area (Å²) in [5.74, 6) is 0. The molecule has 0 atom stereocenters. The average Bonchev–Trinajstić information content (AvgIpc) is 1.21. The highest BCUT2D eigenvalue weighted by molar-refractivity contribution is 7.33. The molecule has 0 spiro atoms. The molecule has 1 aliphatic carbocycles. The Kier molecular flexibility index (Phi) is 15.3. The molecular formula is C83H100BN3S. The molecule has 5 heteroatoms. The van der Waals surface area contributed by atoms with Crippen molar-refractivity contribution < 1.29 is 0 Å². The van der Waals surface area contributed by atoms with Crippen molar-refractivity contribution in [2.24, 2.45) is 5.41 Å². The van der Waals surface area contributed by atoms with E-state index in [1.54, 1.807) is 0 Å². The van der Waals surface area contributed by atoms with Gasteiger partial charge in [0, 0.05) is 60.2 Å². The molecule has 0 fully saturated rings. The molecule has 0 unspecified atom stereocenters. The van der Waals surface area contributed by atoms with Gasteiger partial charge in [0.25, 0.3) is 6.71 Å². The summed E-state index contributed by atoms with van der Waals surface area (Å²) in [6, 6.07) is 53.7. The maximum absolute atomic E-state index is 4.59. The monoisotopic (exact) mass is 1180 g/mol. The fourth-order valence-corrected chi connectivity index (χ4v) is 14.9. The van der Waals surface area contributed by atoms with Gasteiger partial charge in [0.05, 0.1) is 11.4 Å². The summed E-state index contributed by atoms with van der Waals surface area (Å²) in [5.41, 5.74) is 26.0. The van der Waals surface area contributed by atoms with Crippen LogP contribution in [0.5, 0.6) is 0 Å². The Morgan fingerprint density at radius 3 is 1.59 bits per heavy atom. The number of thiophene rings is 1. The van der Waals surface area contributed by atoms with Crippen LogP contribution in [0.15, 0.2) is 170 Å². The molecular weight excluding hydrogens is 1080 g/mol. The molecule has 0 N–H and O–H groups in total. The zero-order valence-electron chi connectivity index (χ0n) is 57.9. The van der Waals surface area contributed by atoms with Gasteiger partial charge in [-0.25, -0.2) is 0 Å². The van der Waals surface area contributed by atoms with Crippen molar-refractivity contribution in [2.45, 2.75) is 210 Å². The number of hydrogen-bond acceptors (Lipinski definition) is 4. The van der Waals surface area contributed by atoms with Gasteiger partial charge in [-0.2, -0.15) is 0 Å². The first-order valence-corrected chi connectivity index (χ1v) is 33.4. The smallest absolute Gasteiger partial charge is 0.264 e. The lowest BCUT2D eigenvalue weighted by Gasteiger charge is -2.46. The molecule has 7 aromatic carbocycles. The quantitative estimate of drug-likeness (QED) is 0.111. The molecule has 2 aliphatic heterocycles. The Morgan fingerprint density at radius 1 is 0.500 bits per heavy atom. The van der Waals surface area contributed by atoms with Crippen molar-refractivity contribution in [2.75, 3.05) is 14.7 Å². The molecule has 3 aliphatic rings. The fourth-order valence-electron chi connectivity index (χ4n) is 13.6. The highest BCUT2D eigenvalue weighted by atomic mass is 32.1. The van der Waals surface area contributed by atoms with E-state index in [0.717, 1.165) is 34.8 Å². The summed E-state index contributed by atoms with van der Waals surface area (Å²) in [7, 11) is 0. The normalized spacial score (nSPS) is 16.0. The van der Waals surface area contributed by atoms with Crippen molar-refractivity contribution in [3.63, 3.8) is 0 Å². The van der Waals surface area contributed by atoms with Crippen LogP contribution in [0.4, 0.5) is 45.5 Å². The topological polar surface area (TPSA) is 9.72 Å². The summed E-state index contributed by atoms with van der Waals surface area (Å²) in [5, 5.41) is 1.32. The van der Waals surface area contributed by atoms with Crippen LogP contribution in [0.3, 0.4) is 0 Å². The third-order valence-corrected chi connectivity index (χ3v) is 21.1. The van der Waals surface area contributed by atoms with Crippen LogP contribution in [-0.2, 0) is 37.9 Å². The number of hydrogen-bond donors (Lipinski definition) is 0. The predicted octanol–water partition coefficient (Wildman–Crippen LogP) is 22.7. The van der Waals surface area contributed by atoms with Gasteiger partial charge in [-0.15, -0.1) is 11.3 Å². The molecule has 3 heterocycles. The van der Waals surface area contributed by atoms with E-state index in [1.165, 1.54) is 111 Å². The number of benzene rings is 7. The number of anilines is 8. The van der Waals surface area contributed by atoms with Crippen LogP contribution < -0.4 is 30.4 Å². The van der Waals surface area contributed by atoms with Crippen molar-refractivity contribution in [1.82, 2.24) is 0 Å². The molecule has 0 saturated carbocycles. The average molecular weight is 1180 g/mol. The number of rotatable bonds is 8. The molecule has 11 rings (SSSR count). The summed E-state index contributed by atoms with van der Waals surface area (Å²) in [6.07, 6.45) is 9.08. The summed E-state index contributed by atoms with van der Waals surface area (Å²) in [4.78, 5) is 7.90. The lowest BCUT2D eigenvalue weighted by atomic mass is 9.36. The molecule has 0 saturated heterocycles. The first-order chi connectivity index (χ1) is 40.8. The van der Waals surface area contributed by atoms with Crippen LogP contribution in [0.1, 0.15) is 211 Å². The highest BCUT2D eigenvalue weighted by Crippen LogP contribution is 2.54. The Hall–Kier alpha value is -6.82. The van der Waals surface area contributed by atoms with Gasteiger partial charge < -0.3 is 14.7 Å². The molecule has 0 radical (unpaired) electrons. The number of fused-ring (bicyclic) bond motifs is 7. The summed E-state index contributed by atoms with van der Waals surface area (Å²) >= 11 is 2.00. The van der Waals surface area contributed by atoms with Crippen LogP contribution in [-0.4, -0.2) is 6.71 Å². The molecule has 1 aromatic heterocycles. The highest BCUT2D eigenvalue weighted by Gasteiger charge is 2.48. The summed E-state index contributed by atoms with van der Waals surface area (Å²) < 4.78 is 2.70. The van der Waals surface area contributed by atoms with E-state index >= 15 is 0 Å². The first-order valence-electron chi connectivity index (χ1n) is 32.6. The lowest BCUT2D eigenvalue weighted by molar-refractivity contribution is 0.332. The number of allylic oxidation sites excluding steroid dienone is 4. The van der Waals surface area contributed by atoms with Crippen molar-refractivity contribution in [3.8, 4) is 11.1 Å². The van der Waals surface area contributed by atoms with E-state index in [0.29, 0.717) is 0 Å². The van der Waals surface area contributed by atoms with E-state index in [9.17, 15) is 0 Å². The van der Waals surface area contributed by atoms with Gasteiger partial charge in [-0.05, 0) is 203 Å². The van der Waals surface area contributed by atoms with E-state index in [4.69, 9.17) is 0 Å². The molecule has 0 bridgehead atoms. The van der Waals surface area contributed by atoms with Gasteiger partial charge in [0.15, 0.2) is 0 Å². The van der Waals surface area contributed by atoms with Gasteiger partial charge in [0.2, 0.25) is 0 Å². The molecule has 8 aromatic rings. The van der Waals surface area contributed by atoms with Crippen molar-refractivity contribution in [1.29, 1.82) is 0 Å². The van der Waals surface area contributed by atoms with E-state index in [-0.39, 0.29) is 50.0 Å². The first kappa shape index (κ1) is 62.8. The Balaban J connectivity index is 1.29. The van der Waals surface area contributed by atoms with Crippen LogP contribution >= 0.6 is 11.3 Å². The largest absolute Gasteiger partial charge is 0.311 e. The SMILES string of the molecule is C=C(/C=C\C(=C/C)N(c1ccc(C(C)(C)C)cc1)c1ccc2c(c1)N(c1ccc(C(C)(C)C)cc1-c1ccc(C(C)(C)C)cc1)c1cc(C(C)(C)C)cc3c1B2c1sc2ccc(C(C)(C)C)cc2c1N3c1ccc2c(c1)C(C)(C)CCC2(C)C)C(C)(C)C. The lowest BCUT2D eigenvalue weighted by Crippen LogP contribution is -2.60. The second kappa shape index (κ2) is 21.4. The van der Waals surface area contributed by atoms with Gasteiger partial charge in [0.1, 0.15) is 0 Å². The fraction of sp³-hybridized carbons (Fsp3) is 0.398. The van der Waals surface area contributed by atoms with Gasteiger partial charge in [-0.3, -0.25) is 0 Å². The third kappa shape index (κ3) is 11.3. The molecule has 88 heavy (non-hydrogen) atoms. The van der Waals surface area contributed by atoms with Crippen LogP contribution in [0.2, 0.25) is 0 Å². The van der Waals surface area contributed by atoms with E-state index in [2.05, 4.69) is 332 Å². The Labute approximate surface area is 535 Å². The maximum atomic E-state index is 4.59. The third-order valence-electron chi connectivity index (χ3n) is 19.9. The van der Waals surface area contributed by atoms with E-state index in [1.807, 2.05) is 11.3 Å². The minimum absolute atomic E-state index is 0.00231. The molecule has 3 nitrogen and oxygen atoms in total. The Morgan fingerprint density at radius 2 is 1.02 bits per heavy atom. The summed E-state index contributed by atoms with van der Waals surface area (Å²) in [6.45, 7) is 58.5. The van der Waals surface area contributed by atoms with Crippen LogP contribution in [0, 0.1) is 5.41 Å². The molecule has 456 valence electrons. The number of nitrogens with zero attached hydrogens (tertiary/aromatic N) is 3. The Bertz CT molecular complexity index is 4110. The van der Waals surface area contributed by atoms with E-state index < -0.39 is 0 Å². The molecule has 0 amide bonds. The van der Waals surface area contributed by atoms with Gasteiger partial charge in [-0.1, -0.05) is 232 Å². The standard InChI is InChI=1S/C83H100BN3S/c1-25-59(35-26-52(2)76(3,4)5)85(60-36-31-55(32-37-60)78(9,10)11)62-39-41-67-69(51-62)87(68-42-33-56(79(12,13)14)46-63(68)53-27-29-54(30-28-53)77(6,7)8)71-49-58(81(18,19)20)48-70-73(71)84(67)75-74(64-47-57(80(15,16)17)34-43-72(64)88-75)86(70)61-38-40-65-66(50-61)83(23,24)45-44-82(65,21)22/h25-43,46-51H,2,44-45H2,1,3-24H3/b35-26-,59-25+. The zero-order valence-corrected chi connectivity index (χ0v) is 58.7. The minimum atomic E-state index is -0.208. The minimum Gasteiger partial charge on any atom is -0.311 e. The van der Waals surface area contributed by atoms with Crippen molar-refractivity contribution >= 4 is 89.3 Å². The van der Waals surface area contributed by atoms with Crippen LogP contribution in [0.25, 0.3) is 21.2 Å². The zero-order chi connectivity index (χ0) is 64.0. The second-order valence-corrected chi connectivity index (χ2v) is 34.6. The van der Waals surface area contributed by atoms with Gasteiger partial charge >= 0.3 is 0 Å². The second-order valence-electron chi connectivity index (χ2n) is 33.6. The maximum Gasteiger partial charge on any atom is 0.264 e. The predicted molar refractivity (Wildman–Crippen MR) is 390 cm³/mol.